The maximum atomic E-state index is 12.1. The summed E-state index contributed by atoms with van der Waals surface area (Å²) in [7, 11) is -3.44. The molecule has 1 rings (SSSR count). The number of rotatable bonds is 6. The Balaban J connectivity index is 3.06. The summed E-state index contributed by atoms with van der Waals surface area (Å²) in [6, 6.07) is 6.87. The highest BCUT2D eigenvalue weighted by Gasteiger charge is 2.19. The molecule has 0 aromatic heterocycles. The lowest BCUT2D eigenvalue weighted by molar-refractivity contribution is 0.556. The van der Waals surface area contributed by atoms with Gasteiger partial charge in [-0.25, -0.2) is 13.1 Å². The van der Waals surface area contributed by atoms with Crippen LogP contribution in [-0.4, -0.2) is 21.0 Å². The first-order chi connectivity index (χ1) is 8.01. The Bertz CT molecular complexity index is 457. The highest BCUT2D eigenvalue weighted by Crippen LogP contribution is 2.20. The Morgan fingerprint density at radius 3 is 2.47 bits per heavy atom. The Morgan fingerprint density at radius 2 is 1.88 bits per heavy atom. The van der Waals surface area contributed by atoms with Gasteiger partial charge in [0.25, 0.3) is 0 Å². The van der Waals surface area contributed by atoms with Crippen molar-refractivity contribution in [1.29, 1.82) is 0 Å². The third kappa shape index (κ3) is 3.71. The standard InChI is InChI=1S/C12H20N2O2S/c1-4-10(3)14-17(15,16)12-9-7-6-8-11(12)13-5-2/h6-10,13-14H,4-5H2,1-3H3. The van der Waals surface area contributed by atoms with E-state index in [2.05, 4.69) is 10.0 Å². The SMILES string of the molecule is CCNc1ccccc1S(=O)(=O)NC(C)CC. The molecule has 5 heteroatoms. The second-order valence-corrected chi connectivity index (χ2v) is 5.64. The van der Waals surface area contributed by atoms with Gasteiger partial charge in [-0.05, 0) is 32.4 Å². The molecule has 1 unspecified atom stereocenters. The summed E-state index contributed by atoms with van der Waals surface area (Å²) < 4.78 is 26.9. The normalized spacial score (nSPS) is 13.4. The molecule has 2 N–H and O–H groups in total. The first-order valence-electron chi connectivity index (χ1n) is 5.86. The zero-order valence-electron chi connectivity index (χ0n) is 10.5. The average molecular weight is 256 g/mol. The van der Waals surface area contributed by atoms with Crippen molar-refractivity contribution in [2.24, 2.45) is 0 Å². The molecule has 0 bridgehead atoms. The third-order valence-corrected chi connectivity index (χ3v) is 4.16. The van der Waals surface area contributed by atoms with Gasteiger partial charge < -0.3 is 5.32 Å². The summed E-state index contributed by atoms with van der Waals surface area (Å²) in [5.74, 6) is 0. The fourth-order valence-electron chi connectivity index (χ4n) is 1.45. The predicted molar refractivity (Wildman–Crippen MR) is 70.7 cm³/mol. The van der Waals surface area contributed by atoms with Crippen LogP contribution in [0.2, 0.25) is 0 Å². The van der Waals surface area contributed by atoms with Crippen LogP contribution in [0.4, 0.5) is 5.69 Å². The van der Waals surface area contributed by atoms with Crippen LogP contribution in [0.5, 0.6) is 0 Å². The summed E-state index contributed by atoms with van der Waals surface area (Å²) in [5, 5.41) is 3.05. The molecule has 1 aromatic rings. The van der Waals surface area contributed by atoms with E-state index in [1.54, 1.807) is 18.2 Å². The van der Waals surface area contributed by atoms with E-state index in [-0.39, 0.29) is 6.04 Å². The fourth-order valence-corrected chi connectivity index (χ4v) is 2.96. The van der Waals surface area contributed by atoms with Gasteiger partial charge in [-0.3, -0.25) is 0 Å². The van der Waals surface area contributed by atoms with Gasteiger partial charge in [-0.15, -0.1) is 0 Å². The fraction of sp³-hybridized carbons (Fsp3) is 0.500. The zero-order valence-corrected chi connectivity index (χ0v) is 11.3. The van der Waals surface area contributed by atoms with Crippen LogP contribution >= 0.6 is 0 Å². The second kappa shape index (κ2) is 6.02. The first-order valence-corrected chi connectivity index (χ1v) is 7.34. The molecule has 0 heterocycles. The molecule has 1 aromatic carbocycles. The third-order valence-electron chi connectivity index (χ3n) is 2.51. The lowest BCUT2D eigenvalue weighted by Gasteiger charge is -2.15. The molecule has 4 nitrogen and oxygen atoms in total. The van der Waals surface area contributed by atoms with Crippen LogP contribution in [0.25, 0.3) is 0 Å². The quantitative estimate of drug-likeness (QED) is 0.820. The van der Waals surface area contributed by atoms with Gasteiger partial charge in [0.2, 0.25) is 10.0 Å². The maximum Gasteiger partial charge on any atom is 0.242 e. The van der Waals surface area contributed by atoms with Crippen molar-refractivity contribution in [2.45, 2.75) is 38.1 Å². The minimum Gasteiger partial charge on any atom is -0.384 e. The van der Waals surface area contributed by atoms with Gasteiger partial charge in [-0.1, -0.05) is 19.1 Å². The molecule has 1 atom stereocenters. The molecule has 0 spiro atoms. The Hall–Kier alpha value is -1.07. The van der Waals surface area contributed by atoms with Gasteiger partial charge in [0.1, 0.15) is 4.90 Å². The predicted octanol–water partition coefficient (Wildman–Crippen LogP) is 2.20. The number of benzene rings is 1. The van der Waals surface area contributed by atoms with E-state index in [0.717, 1.165) is 6.42 Å². The monoisotopic (exact) mass is 256 g/mol. The molecular weight excluding hydrogens is 236 g/mol. The molecule has 17 heavy (non-hydrogen) atoms. The van der Waals surface area contributed by atoms with Crippen molar-refractivity contribution in [1.82, 2.24) is 4.72 Å². The molecule has 0 fully saturated rings. The van der Waals surface area contributed by atoms with Crippen molar-refractivity contribution >= 4 is 15.7 Å². The van der Waals surface area contributed by atoms with Crippen molar-refractivity contribution < 1.29 is 8.42 Å². The number of para-hydroxylation sites is 1. The zero-order chi connectivity index (χ0) is 12.9. The molecule has 0 amide bonds. The van der Waals surface area contributed by atoms with Crippen LogP contribution in [0, 0.1) is 0 Å². The van der Waals surface area contributed by atoms with Crippen LogP contribution in [-0.2, 0) is 10.0 Å². The van der Waals surface area contributed by atoms with Crippen LogP contribution in [0.3, 0.4) is 0 Å². The molecule has 0 aliphatic carbocycles. The molecular formula is C12H20N2O2S. The first kappa shape index (κ1) is 14.0. The van der Waals surface area contributed by atoms with Crippen molar-refractivity contribution in [3.8, 4) is 0 Å². The van der Waals surface area contributed by atoms with Crippen LogP contribution in [0.15, 0.2) is 29.2 Å². The number of sulfonamides is 1. The highest BCUT2D eigenvalue weighted by molar-refractivity contribution is 7.89. The van der Waals surface area contributed by atoms with E-state index < -0.39 is 10.0 Å². The lowest BCUT2D eigenvalue weighted by Crippen LogP contribution is -2.32. The second-order valence-electron chi connectivity index (χ2n) is 3.96. The van der Waals surface area contributed by atoms with E-state index in [9.17, 15) is 8.42 Å². The largest absolute Gasteiger partial charge is 0.384 e. The van der Waals surface area contributed by atoms with Gasteiger partial charge in [0.15, 0.2) is 0 Å². The summed E-state index contributed by atoms with van der Waals surface area (Å²) >= 11 is 0. The average Bonchev–Trinajstić information content (AvgIpc) is 2.29. The summed E-state index contributed by atoms with van der Waals surface area (Å²) in [4.78, 5) is 0.308. The lowest BCUT2D eigenvalue weighted by atomic mass is 10.3. The Labute approximate surface area is 103 Å². The smallest absolute Gasteiger partial charge is 0.242 e. The van der Waals surface area contributed by atoms with Gasteiger partial charge >= 0.3 is 0 Å². The molecule has 96 valence electrons. The van der Waals surface area contributed by atoms with E-state index in [4.69, 9.17) is 0 Å². The van der Waals surface area contributed by atoms with E-state index in [0.29, 0.717) is 17.1 Å². The minimum absolute atomic E-state index is 0.0605. The van der Waals surface area contributed by atoms with Crippen LogP contribution in [0.1, 0.15) is 27.2 Å². The Morgan fingerprint density at radius 1 is 1.24 bits per heavy atom. The number of nitrogens with one attached hydrogen (secondary N) is 2. The van der Waals surface area contributed by atoms with Crippen molar-refractivity contribution in [3.05, 3.63) is 24.3 Å². The molecule has 0 saturated heterocycles. The molecule has 0 radical (unpaired) electrons. The summed E-state index contributed by atoms with van der Waals surface area (Å²) in [5.41, 5.74) is 0.644. The molecule has 0 aliphatic heterocycles. The number of anilines is 1. The number of hydrogen-bond acceptors (Lipinski definition) is 3. The highest BCUT2D eigenvalue weighted by atomic mass is 32.2. The van der Waals surface area contributed by atoms with Crippen molar-refractivity contribution in [3.63, 3.8) is 0 Å². The number of hydrogen-bond donors (Lipinski definition) is 2. The minimum atomic E-state index is -3.44. The van der Waals surface area contributed by atoms with E-state index in [1.165, 1.54) is 0 Å². The molecule has 0 aliphatic rings. The summed E-state index contributed by atoms with van der Waals surface area (Å²) in [6.07, 6.45) is 0.766. The Kier molecular flexibility index (Phi) is 4.96. The van der Waals surface area contributed by atoms with E-state index in [1.807, 2.05) is 26.8 Å². The molecule has 0 saturated carbocycles. The van der Waals surface area contributed by atoms with Gasteiger partial charge in [0.05, 0.1) is 5.69 Å². The maximum absolute atomic E-state index is 12.1. The van der Waals surface area contributed by atoms with Crippen LogP contribution < -0.4 is 10.0 Å². The topological polar surface area (TPSA) is 58.2 Å². The van der Waals surface area contributed by atoms with Gasteiger partial charge in [0, 0.05) is 12.6 Å². The van der Waals surface area contributed by atoms with Crippen molar-refractivity contribution in [2.75, 3.05) is 11.9 Å². The van der Waals surface area contributed by atoms with E-state index >= 15 is 0 Å². The summed E-state index contributed by atoms with van der Waals surface area (Å²) in [6.45, 7) is 6.43. The van der Waals surface area contributed by atoms with Gasteiger partial charge in [-0.2, -0.15) is 0 Å².